The Morgan fingerprint density at radius 1 is 1.61 bits per heavy atom. The van der Waals surface area contributed by atoms with Crippen molar-refractivity contribution >= 4 is 17.9 Å². The summed E-state index contributed by atoms with van der Waals surface area (Å²) in [5.41, 5.74) is 0.898. The molecule has 1 unspecified atom stereocenters. The van der Waals surface area contributed by atoms with E-state index in [1.54, 1.807) is 13.0 Å². The minimum atomic E-state index is -0.838. The summed E-state index contributed by atoms with van der Waals surface area (Å²) >= 11 is 0. The van der Waals surface area contributed by atoms with Crippen LogP contribution >= 0.6 is 0 Å². The van der Waals surface area contributed by atoms with Gasteiger partial charge in [-0.2, -0.15) is 0 Å². The van der Waals surface area contributed by atoms with Gasteiger partial charge in [-0.1, -0.05) is 6.07 Å². The van der Waals surface area contributed by atoms with E-state index in [1.165, 1.54) is 0 Å². The number of aldehydes is 1. The van der Waals surface area contributed by atoms with Crippen molar-refractivity contribution < 1.29 is 19.4 Å². The maximum absolute atomic E-state index is 10.9. The number of fused-ring (bicyclic) bond motifs is 1. The molecule has 1 atom stereocenters. The molecular formula is C13H15NO4. The predicted octanol–water partition coefficient (Wildman–Crippen LogP) is 1.47. The van der Waals surface area contributed by atoms with Crippen molar-refractivity contribution in [3.8, 4) is 5.75 Å². The summed E-state index contributed by atoms with van der Waals surface area (Å²) < 4.78 is 5.60. The first kappa shape index (κ1) is 12.4. The normalized spacial score (nSPS) is 21.4. The highest BCUT2D eigenvalue weighted by molar-refractivity contribution is 5.70. The molecule has 0 aromatic heterocycles. The van der Waals surface area contributed by atoms with Gasteiger partial charge in [0.2, 0.25) is 0 Å². The Bertz CT molecular complexity index is 486. The number of hydrogen-bond donors (Lipinski definition) is 2. The van der Waals surface area contributed by atoms with Crippen molar-refractivity contribution in [2.24, 2.45) is 0 Å². The first-order chi connectivity index (χ1) is 8.52. The molecule has 2 rings (SSSR count). The first-order valence-corrected chi connectivity index (χ1v) is 5.76. The molecule has 1 aliphatic rings. The van der Waals surface area contributed by atoms with Crippen molar-refractivity contribution in [3.05, 3.63) is 23.8 Å². The summed E-state index contributed by atoms with van der Waals surface area (Å²) in [4.78, 5) is 21.4. The topological polar surface area (TPSA) is 75.6 Å². The SMILES string of the molecule is CC1(C=O)CNc2cc(CCC(=O)O)ccc2O1. The second-order valence-electron chi connectivity index (χ2n) is 4.61. The molecule has 1 aromatic rings. The zero-order chi connectivity index (χ0) is 13.2. The molecule has 0 radical (unpaired) electrons. The fourth-order valence-corrected chi connectivity index (χ4v) is 1.83. The molecule has 96 valence electrons. The van der Waals surface area contributed by atoms with Crippen LogP contribution in [0.4, 0.5) is 5.69 Å². The van der Waals surface area contributed by atoms with Gasteiger partial charge in [0.15, 0.2) is 11.9 Å². The molecule has 2 N–H and O–H groups in total. The standard InChI is InChI=1S/C13H15NO4/c1-13(8-15)7-14-10-6-9(3-5-12(16)17)2-4-11(10)18-13/h2,4,6,8,14H,3,5,7H2,1H3,(H,16,17). The number of carboxylic acid groups (broad SMARTS) is 1. The Morgan fingerprint density at radius 2 is 2.39 bits per heavy atom. The molecule has 0 bridgehead atoms. The Kier molecular flexibility index (Phi) is 3.23. The van der Waals surface area contributed by atoms with Crippen molar-refractivity contribution in [2.75, 3.05) is 11.9 Å². The van der Waals surface area contributed by atoms with Gasteiger partial charge < -0.3 is 15.2 Å². The van der Waals surface area contributed by atoms with Crippen molar-refractivity contribution in [1.29, 1.82) is 0 Å². The fourth-order valence-electron chi connectivity index (χ4n) is 1.83. The van der Waals surface area contributed by atoms with Gasteiger partial charge in [0, 0.05) is 6.42 Å². The lowest BCUT2D eigenvalue weighted by Gasteiger charge is -2.32. The number of rotatable bonds is 4. The Labute approximate surface area is 105 Å². The van der Waals surface area contributed by atoms with Crippen LogP contribution in [-0.4, -0.2) is 29.5 Å². The average Bonchev–Trinajstić information content (AvgIpc) is 2.36. The minimum Gasteiger partial charge on any atom is -0.481 e. The smallest absolute Gasteiger partial charge is 0.303 e. The maximum Gasteiger partial charge on any atom is 0.303 e. The van der Waals surface area contributed by atoms with Gasteiger partial charge in [-0.3, -0.25) is 9.59 Å². The molecule has 5 nitrogen and oxygen atoms in total. The molecule has 18 heavy (non-hydrogen) atoms. The summed E-state index contributed by atoms with van der Waals surface area (Å²) in [6.07, 6.45) is 1.36. The zero-order valence-electron chi connectivity index (χ0n) is 10.1. The largest absolute Gasteiger partial charge is 0.481 e. The van der Waals surface area contributed by atoms with Crippen LogP contribution in [0.1, 0.15) is 18.9 Å². The highest BCUT2D eigenvalue weighted by Gasteiger charge is 2.30. The molecule has 1 aliphatic heterocycles. The molecule has 0 amide bonds. The van der Waals surface area contributed by atoms with Crippen LogP contribution in [0.2, 0.25) is 0 Å². The first-order valence-electron chi connectivity index (χ1n) is 5.76. The third-order valence-corrected chi connectivity index (χ3v) is 2.89. The summed E-state index contributed by atoms with van der Waals surface area (Å²) in [7, 11) is 0. The van der Waals surface area contributed by atoms with Gasteiger partial charge in [-0.15, -0.1) is 0 Å². The van der Waals surface area contributed by atoms with E-state index in [9.17, 15) is 9.59 Å². The molecule has 0 saturated carbocycles. The van der Waals surface area contributed by atoms with Crippen molar-refractivity contribution in [3.63, 3.8) is 0 Å². The lowest BCUT2D eigenvalue weighted by atomic mass is 10.0. The lowest BCUT2D eigenvalue weighted by molar-refractivity contribution is -0.137. The maximum atomic E-state index is 10.9. The van der Waals surface area contributed by atoms with Gasteiger partial charge in [-0.25, -0.2) is 0 Å². The summed E-state index contributed by atoms with van der Waals surface area (Å²) in [5, 5.41) is 11.8. The van der Waals surface area contributed by atoms with Gasteiger partial charge in [0.25, 0.3) is 0 Å². The van der Waals surface area contributed by atoms with E-state index in [0.29, 0.717) is 18.7 Å². The highest BCUT2D eigenvalue weighted by Crippen LogP contribution is 2.33. The van der Waals surface area contributed by atoms with Crippen LogP contribution in [0.25, 0.3) is 0 Å². The summed E-state index contributed by atoms with van der Waals surface area (Å²) in [5.74, 6) is -0.194. The van der Waals surface area contributed by atoms with Crippen LogP contribution < -0.4 is 10.1 Å². The number of benzene rings is 1. The number of carboxylic acids is 1. The molecule has 0 spiro atoms. The number of ether oxygens (including phenoxy) is 1. The van der Waals surface area contributed by atoms with E-state index in [-0.39, 0.29) is 6.42 Å². The van der Waals surface area contributed by atoms with E-state index in [4.69, 9.17) is 9.84 Å². The monoisotopic (exact) mass is 249 g/mol. The molecule has 5 heteroatoms. The number of carbonyl (C=O) groups excluding carboxylic acids is 1. The van der Waals surface area contributed by atoms with Gasteiger partial charge in [0.05, 0.1) is 12.2 Å². The second-order valence-corrected chi connectivity index (χ2v) is 4.61. The lowest BCUT2D eigenvalue weighted by Crippen LogP contribution is -2.44. The Morgan fingerprint density at radius 3 is 3.06 bits per heavy atom. The molecular weight excluding hydrogens is 234 g/mol. The summed E-state index contributed by atoms with van der Waals surface area (Å²) in [6, 6.07) is 5.45. The molecule has 0 saturated heterocycles. The van der Waals surface area contributed by atoms with Crippen LogP contribution in [-0.2, 0) is 16.0 Å². The quantitative estimate of drug-likeness (QED) is 0.790. The number of hydrogen-bond acceptors (Lipinski definition) is 4. The van der Waals surface area contributed by atoms with Gasteiger partial charge >= 0.3 is 5.97 Å². The second kappa shape index (κ2) is 4.68. The highest BCUT2D eigenvalue weighted by atomic mass is 16.5. The fraction of sp³-hybridized carbons (Fsp3) is 0.385. The Hall–Kier alpha value is -2.04. The molecule has 0 aliphatic carbocycles. The molecule has 1 aromatic carbocycles. The van der Waals surface area contributed by atoms with Crippen LogP contribution in [0.3, 0.4) is 0 Å². The third-order valence-electron chi connectivity index (χ3n) is 2.89. The van der Waals surface area contributed by atoms with E-state index >= 15 is 0 Å². The van der Waals surface area contributed by atoms with Gasteiger partial charge in [0.1, 0.15) is 5.75 Å². The number of carbonyl (C=O) groups is 2. The van der Waals surface area contributed by atoms with Crippen molar-refractivity contribution in [1.82, 2.24) is 0 Å². The molecule has 0 fully saturated rings. The van der Waals surface area contributed by atoms with E-state index in [1.807, 2.05) is 12.1 Å². The Balaban J connectivity index is 2.15. The zero-order valence-corrected chi connectivity index (χ0v) is 10.1. The summed E-state index contributed by atoms with van der Waals surface area (Å²) in [6.45, 7) is 2.13. The third kappa shape index (κ3) is 2.61. The van der Waals surface area contributed by atoms with E-state index in [2.05, 4.69) is 5.32 Å². The van der Waals surface area contributed by atoms with E-state index < -0.39 is 11.6 Å². The van der Waals surface area contributed by atoms with E-state index in [0.717, 1.165) is 17.5 Å². The predicted molar refractivity (Wildman–Crippen MR) is 66.0 cm³/mol. The van der Waals surface area contributed by atoms with Gasteiger partial charge in [-0.05, 0) is 31.0 Å². The van der Waals surface area contributed by atoms with Crippen LogP contribution in [0.5, 0.6) is 5.75 Å². The van der Waals surface area contributed by atoms with Crippen LogP contribution in [0, 0.1) is 0 Å². The van der Waals surface area contributed by atoms with Crippen molar-refractivity contribution in [2.45, 2.75) is 25.4 Å². The number of anilines is 1. The minimum absolute atomic E-state index is 0.103. The average molecular weight is 249 g/mol. The number of aryl methyl sites for hydroxylation is 1. The molecule has 1 heterocycles. The van der Waals surface area contributed by atoms with Crippen LogP contribution in [0.15, 0.2) is 18.2 Å². The number of nitrogens with one attached hydrogen (secondary N) is 1. The number of aliphatic carboxylic acids is 1.